The van der Waals surface area contributed by atoms with Crippen molar-refractivity contribution in [2.24, 2.45) is 17.6 Å². The van der Waals surface area contributed by atoms with Crippen molar-refractivity contribution in [3.63, 3.8) is 0 Å². The fraction of sp³-hybridized carbons (Fsp3) is 0.917. The van der Waals surface area contributed by atoms with Crippen molar-refractivity contribution in [3.8, 4) is 0 Å². The summed E-state index contributed by atoms with van der Waals surface area (Å²) in [6.45, 7) is 2.59. The fourth-order valence-corrected chi connectivity index (χ4v) is 2.62. The molecule has 0 aromatic rings. The number of carbonyl (C=O) groups excluding carboxylic acids is 1. The normalized spacial score (nSPS) is 29.2. The first-order chi connectivity index (χ1) is 7.97. The molecule has 1 amide bonds. The van der Waals surface area contributed by atoms with Crippen LogP contribution in [0.25, 0.3) is 0 Å². The summed E-state index contributed by atoms with van der Waals surface area (Å²) in [5.41, 5.74) is 5.16. The second kappa shape index (κ2) is 4.88. The predicted octanol–water partition coefficient (Wildman–Crippen LogP) is 1.62. The first-order valence-corrected chi connectivity index (χ1v) is 6.36. The van der Waals surface area contributed by atoms with Gasteiger partial charge in [0.1, 0.15) is 0 Å². The van der Waals surface area contributed by atoms with E-state index in [2.05, 4.69) is 4.90 Å². The lowest BCUT2D eigenvalue weighted by atomic mass is 9.93. The maximum absolute atomic E-state index is 12.7. The molecule has 0 radical (unpaired) electrons. The van der Waals surface area contributed by atoms with Crippen molar-refractivity contribution < 1.29 is 13.6 Å². The van der Waals surface area contributed by atoms with Crippen LogP contribution in [0.2, 0.25) is 0 Å². The van der Waals surface area contributed by atoms with Gasteiger partial charge in [-0.3, -0.25) is 4.79 Å². The Hall–Kier alpha value is -0.710. The summed E-state index contributed by atoms with van der Waals surface area (Å²) >= 11 is 0. The Morgan fingerprint density at radius 3 is 2.41 bits per heavy atom. The lowest BCUT2D eigenvalue weighted by Crippen LogP contribution is -2.35. The van der Waals surface area contributed by atoms with E-state index in [1.165, 1.54) is 0 Å². The molecule has 1 heterocycles. The van der Waals surface area contributed by atoms with Crippen molar-refractivity contribution in [3.05, 3.63) is 0 Å². The predicted molar refractivity (Wildman–Crippen MR) is 60.6 cm³/mol. The maximum Gasteiger partial charge on any atom is 0.251 e. The standard InChI is InChI=1S/C12H20F2N2O/c13-12(14)8-10(12)3-6-16-4-1-9(2-5-16)7-11(15)17/h9-10H,1-8H2,(H2,15,17). The van der Waals surface area contributed by atoms with Gasteiger partial charge in [-0.15, -0.1) is 0 Å². The van der Waals surface area contributed by atoms with E-state index in [1.54, 1.807) is 0 Å². The van der Waals surface area contributed by atoms with E-state index in [9.17, 15) is 13.6 Å². The molecule has 1 atom stereocenters. The number of piperidine rings is 1. The van der Waals surface area contributed by atoms with Crippen LogP contribution in [0.15, 0.2) is 0 Å². The number of hydrogen-bond acceptors (Lipinski definition) is 2. The number of likely N-dealkylation sites (tertiary alicyclic amines) is 1. The molecule has 98 valence electrons. The van der Waals surface area contributed by atoms with E-state index in [0.29, 0.717) is 18.8 Å². The molecular weight excluding hydrogens is 226 g/mol. The number of carbonyl (C=O) groups is 1. The van der Waals surface area contributed by atoms with E-state index in [0.717, 1.165) is 32.5 Å². The van der Waals surface area contributed by atoms with E-state index < -0.39 is 5.92 Å². The summed E-state index contributed by atoms with van der Waals surface area (Å²) in [7, 11) is 0. The zero-order valence-electron chi connectivity index (χ0n) is 10.0. The maximum atomic E-state index is 12.7. The molecule has 0 bridgehead atoms. The van der Waals surface area contributed by atoms with Gasteiger partial charge in [0.05, 0.1) is 0 Å². The van der Waals surface area contributed by atoms with Crippen LogP contribution in [0, 0.1) is 11.8 Å². The molecule has 3 nitrogen and oxygen atoms in total. The van der Waals surface area contributed by atoms with Crippen LogP contribution in [0.4, 0.5) is 8.78 Å². The van der Waals surface area contributed by atoms with Crippen LogP contribution in [-0.2, 0) is 4.79 Å². The molecule has 0 aromatic heterocycles. The Balaban J connectivity index is 1.61. The molecule has 1 saturated carbocycles. The molecule has 5 heteroatoms. The summed E-state index contributed by atoms with van der Waals surface area (Å²) in [4.78, 5) is 13.0. The lowest BCUT2D eigenvalue weighted by Gasteiger charge is -2.31. The number of primary amides is 1. The quantitative estimate of drug-likeness (QED) is 0.801. The van der Waals surface area contributed by atoms with E-state index in [4.69, 9.17) is 5.73 Å². The highest BCUT2D eigenvalue weighted by atomic mass is 19.3. The Morgan fingerprint density at radius 2 is 1.94 bits per heavy atom. The van der Waals surface area contributed by atoms with E-state index in [-0.39, 0.29) is 18.2 Å². The highest BCUT2D eigenvalue weighted by Crippen LogP contribution is 2.50. The van der Waals surface area contributed by atoms with Crippen LogP contribution >= 0.6 is 0 Å². The summed E-state index contributed by atoms with van der Waals surface area (Å²) in [5, 5.41) is 0. The average molecular weight is 246 g/mol. The van der Waals surface area contributed by atoms with Gasteiger partial charge in [0.25, 0.3) is 5.92 Å². The van der Waals surface area contributed by atoms with Gasteiger partial charge in [-0.05, 0) is 44.8 Å². The molecule has 1 aliphatic carbocycles. The molecular formula is C12H20F2N2O. The van der Waals surface area contributed by atoms with Gasteiger partial charge in [0.15, 0.2) is 0 Å². The summed E-state index contributed by atoms with van der Waals surface area (Å²) in [6, 6.07) is 0. The van der Waals surface area contributed by atoms with Gasteiger partial charge in [-0.25, -0.2) is 8.78 Å². The Kier molecular flexibility index (Phi) is 3.66. The van der Waals surface area contributed by atoms with Crippen molar-refractivity contribution in [2.45, 2.75) is 38.0 Å². The molecule has 17 heavy (non-hydrogen) atoms. The SMILES string of the molecule is NC(=O)CC1CCN(CCC2CC2(F)F)CC1. The third kappa shape index (κ3) is 3.63. The van der Waals surface area contributed by atoms with Crippen molar-refractivity contribution in [1.29, 1.82) is 0 Å². The molecule has 1 aliphatic heterocycles. The number of nitrogens with two attached hydrogens (primary N) is 1. The summed E-state index contributed by atoms with van der Waals surface area (Å²) < 4.78 is 25.4. The summed E-state index contributed by atoms with van der Waals surface area (Å²) in [6.07, 6.45) is 3.07. The monoisotopic (exact) mass is 246 g/mol. The highest BCUT2D eigenvalue weighted by molar-refractivity contribution is 5.73. The summed E-state index contributed by atoms with van der Waals surface area (Å²) in [5.74, 6) is -2.61. The minimum Gasteiger partial charge on any atom is -0.370 e. The molecule has 1 unspecified atom stereocenters. The molecule has 2 rings (SSSR count). The highest BCUT2D eigenvalue weighted by Gasteiger charge is 2.56. The minimum atomic E-state index is -2.38. The van der Waals surface area contributed by atoms with Crippen molar-refractivity contribution in [1.82, 2.24) is 4.90 Å². The van der Waals surface area contributed by atoms with Gasteiger partial charge < -0.3 is 10.6 Å². The van der Waals surface area contributed by atoms with Crippen LogP contribution in [-0.4, -0.2) is 36.4 Å². The molecule has 0 aromatic carbocycles. The molecule has 2 N–H and O–H groups in total. The van der Waals surface area contributed by atoms with Gasteiger partial charge in [0.2, 0.25) is 5.91 Å². The zero-order chi connectivity index (χ0) is 12.5. The number of alkyl halides is 2. The van der Waals surface area contributed by atoms with Gasteiger partial charge >= 0.3 is 0 Å². The Labute approximate surface area is 100 Å². The van der Waals surface area contributed by atoms with E-state index in [1.807, 2.05) is 0 Å². The average Bonchev–Trinajstić information content (AvgIpc) is 2.85. The van der Waals surface area contributed by atoms with Crippen LogP contribution in [0.5, 0.6) is 0 Å². The molecule has 2 aliphatic rings. The zero-order valence-corrected chi connectivity index (χ0v) is 10.0. The number of amides is 1. The van der Waals surface area contributed by atoms with Crippen molar-refractivity contribution in [2.75, 3.05) is 19.6 Å². The lowest BCUT2D eigenvalue weighted by molar-refractivity contribution is -0.119. The smallest absolute Gasteiger partial charge is 0.251 e. The second-order valence-corrected chi connectivity index (χ2v) is 5.41. The van der Waals surface area contributed by atoms with E-state index >= 15 is 0 Å². The van der Waals surface area contributed by atoms with Gasteiger partial charge in [-0.1, -0.05) is 0 Å². The largest absolute Gasteiger partial charge is 0.370 e. The number of rotatable bonds is 5. The number of hydrogen-bond donors (Lipinski definition) is 1. The minimum absolute atomic E-state index is 0.0745. The van der Waals surface area contributed by atoms with Crippen LogP contribution < -0.4 is 5.73 Å². The third-order valence-electron chi connectivity index (χ3n) is 3.95. The number of halogens is 2. The number of nitrogens with zero attached hydrogens (tertiary/aromatic N) is 1. The fourth-order valence-electron chi connectivity index (χ4n) is 2.62. The van der Waals surface area contributed by atoms with Crippen LogP contribution in [0.1, 0.15) is 32.1 Å². The van der Waals surface area contributed by atoms with Gasteiger partial charge in [-0.2, -0.15) is 0 Å². The second-order valence-electron chi connectivity index (χ2n) is 5.41. The first-order valence-electron chi connectivity index (χ1n) is 6.36. The Bertz CT molecular complexity index is 288. The molecule has 0 spiro atoms. The third-order valence-corrected chi connectivity index (χ3v) is 3.95. The Morgan fingerprint density at radius 1 is 1.35 bits per heavy atom. The topological polar surface area (TPSA) is 46.3 Å². The van der Waals surface area contributed by atoms with Crippen LogP contribution in [0.3, 0.4) is 0 Å². The molecule has 2 fully saturated rings. The molecule has 1 saturated heterocycles. The van der Waals surface area contributed by atoms with Crippen molar-refractivity contribution >= 4 is 5.91 Å². The van der Waals surface area contributed by atoms with Gasteiger partial charge in [0, 0.05) is 18.8 Å². The first kappa shape index (κ1) is 12.7.